The molecule has 0 aliphatic heterocycles. The van der Waals surface area contributed by atoms with Gasteiger partial charge in [-0.05, 0) is 31.1 Å². The van der Waals surface area contributed by atoms with Crippen molar-refractivity contribution >= 4 is 28.1 Å². The van der Waals surface area contributed by atoms with Crippen LogP contribution in [0, 0.1) is 16.7 Å². The molecule has 1 fully saturated rings. The molecular weight excluding hydrogens is 254 g/mol. The fourth-order valence-electron chi connectivity index (χ4n) is 2.15. The van der Waals surface area contributed by atoms with Crippen LogP contribution < -0.4 is 5.32 Å². The summed E-state index contributed by atoms with van der Waals surface area (Å²) in [4.78, 5) is 4.65. The quantitative estimate of drug-likeness (QED) is 0.881. The number of aromatic nitrogens is 1. The predicted octanol–water partition coefficient (Wildman–Crippen LogP) is 4.05. The monoisotopic (exact) mass is 269 g/mol. The summed E-state index contributed by atoms with van der Waals surface area (Å²) in [7, 11) is 0. The number of nitriles is 1. The largest absolute Gasteiger partial charge is 0.359 e. The summed E-state index contributed by atoms with van der Waals surface area (Å²) in [6.07, 6.45) is 4.78. The molecule has 17 heavy (non-hydrogen) atoms. The summed E-state index contributed by atoms with van der Waals surface area (Å²) in [6.45, 7) is 4.63. The maximum absolute atomic E-state index is 8.81. The van der Waals surface area contributed by atoms with E-state index in [0.29, 0.717) is 21.5 Å². The van der Waals surface area contributed by atoms with Crippen molar-refractivity contribution in [1.29, 1.82) is 5.26 Å². The Morgan fingerprint density at radius 2 is 2.12 bits per heavy atom. The van der Waals surface area contributed by atoms with Gasteiger partial charge in [0.05, 0.1) is 0 Å². The van der Waals surface area contributed by atoms with Crippen molar-refractivity contribution in [3.05, 3.63) is 10.0 Å². The zero-order chi connectivity index (χ0) is 12.5. The van der Waals surface area contributed by atoms with E-state index in [0.717, 1.165) is 18.0 Å². The fraction of sp³-hybridized carbons (Fsp3) is 0.667. The lowest BCUT2D eigenvalue weighted by Gasteiger charge is -2.34. The van der Waals surface area contributed by atoms with Gasteiger partial charge in [-0.1, -0.05) is 36.8 Å². The minimum absolute atomic E-state index is 0.316. The molecule has 0 atom stereocenters. The number of anilines is 1. The lowest BCUT2D eigenvalue weighted by molar-refractivity contribution is 0.232. The van der Waals surface area contributed by atoms with Gasteiger partial charge in [0.25, 0.3) is 0 Å². The van der Waals surface area contributed by atoms with Gasteiger partial charge in [-0.15, -0.1) is 0 Å². The van der Waals surface area contributed by atoms with Gasteiger partial charge in [0.1, 0.15) is 10.9 Å². The van der Waals surface area contributed by atoms with Gasteiger partial charge in [-0.3, -0.25) is 0 Å². The van der Waals surface area contributed by atoms with E-state index in [1.807, 2.05) is 0 Å². The van der Waals surface area contributed by atoms with Gasteiger partial charge in [0.2, 0.25) is 0 Å². The summed E-state index contributed by atoms with van der Waals surface area (Å²) in [5.74, 6) is 0. The molecule has 1 aromatic rings. The highest BCUT2D eigenvalue weighted by molar-refractivity contribution is 7.16. The van der Waals surface area contributed by atoms with Crippen molar-refractivity contribution in [3.63, 3.8) is 0 Å². The van der Waals surface area contributed by atoms with Gasteiger partial charge in [0.15, 0.2) is 10.3 Å². The molecule has 1 aliphatic rings. The van der Waals surface area contributed by atoms with Crippen LogP contribution >= 0.6 is 22.9 Å². The van der Waals surface area contributed by atoms with Gasteiger partial charge < -0.3 is 5.32 Å². The average Bonchev–Trinajstić information content (AvgIpc) is 2.62. The third kappa shape index (κ3) is 3.11. The van der Waals surface area contributed by atoms with Gasteiger partial charge in [-0.2, -0.15) is 5.26 Å². The summed E-state index contributed by atoms with van der Waals surface area (Å²) >= 11 is 7.18. The lowest BCUT2D eigenvalue weighted by Crippen LogP contribution is -2.29. The number of nitrogens with zero attached hydrogens (tertiary/aromatic N) is 2. The second kappa shape index (κ2) is 4.83. The molecule has 92 valence electrons. The Hall–Kier alpha value is -0.790. The summed E-state index contributed by atoms with van der Waals surface area (Å²) in [5.41, 5.74) is 0.469. The van der Waals surface area contributed by atoms with Crippen LogP contribution in [-0.4, -0.2) is 11.0 Å². The van der Waals surface area contributed by atoms with Crippen LogP contribution in [0.5, 0.6) is 0 Å². The Labute approximate surface area is 111 Å². The second-order valence-corrected chi connectivity index (χ2v) is 6.69. The van der Waals surface area contributed by atoms with Crippen LogP contribution in [0.25, 0.3) is 0 Å². The van der Waals surface area contributed by atoms with E-state index in [1.165, 1.54) is 24.2 Å². The first kappa shape index (κ1) is 12.7. The van der Waals surface area contributed by atoms with E-state index in [-0.39, 0.29) is 0 Å². The minimum Gasteiger partial charge on any atom is -0.359 e. The van der Waals surface area contributed by atoms with Gasteiger partial charge in [-0.25, -0.2) is 4.98 Å². The van der Waals surface area contributed by atoms with Crippen LogP contribution in [0.4, 0.5) is 5.13 Å². The molecule has 0 bridgehead atoms. The van der Waals surface area contributed by atoms with Crippen molar-refractivity contribution in [1.82, 2.24) is 4.98 Å². The molecule has 1 saturated carbocycles. The molecule has 1 heterocycles. The number of thiazole rings is 1. The highest BCUT2D eigenvalue weighted by Crippen LogP contribution is 2.37. The number of hydrogen-bond acceptors (Lipinski definition) is 4. The number of halogens is 1. The highest BCUT2D eigenvalue weighted by Gasteiger charge is 2.27. The zero-order valence-corrected chi connectivity index (χ0v) is 11.7. The molecule has 1 aromatic heterocycles. The normalized spacial score (nSPS) is 19.9. The first-order valence-electron chi connectivity index (χ1n) is 5.83. The Balaban J connectivity index is 1.96. The Bertz CT molecular complexity index is 437. The van der Waals surface area contributed by atoms with E-state index in [9.17, 15) is 0 Å². The van der Waals surface area contributed by atoms with Crippen molar-refractivity contribution in [2.75, 3.05) is 5.32 Å². The molecule has 1 N–H and O–H groups in total. The smallest absolute Gasteiger partial charge is 0.185 e. The topological polar surface area (TPSA) is 48.7 Å². The maximum atomic E-state index is 8.81. The third-order valence-corrected chi connectivity index (χ3v) is 4.63. The van der Waals surface area contributed by atoms with Crippen molar-refractivity contribution in [2.45, 2.75) is 45.6 Å². The van der Waals surface area contributed by atoms with Crippen molar-refractivity contribution in [2.24, 2.45) is 5.41 Å². The highest BCUT2D eigenvalue weighted by atomic mass is 35.5. The molecule has 2 rings (SSSR count). The third-order valence-electron chi connectivity index (χ3n) is 3.35. The predicted molar refractivity (Wildman–Crippen MR) is 71.5 cm³/mol. The van der Waals surface area contributed by atoms with Gasteiger partial charge >= 0.3 is 0 Å². The second-order valence-electron chi connectivity index (χ2n) is 5.33. The molecule has 0 unspecified atom stereocenters. The summed E-state index contributed by atoms with van der Waals surface area (Å²) < 4.78 is 0. The number of nitrogens with one attached hydrogen (secondary N) is 1. The molecule has 0 saturated heterocycles. The summed E-state index contributed by atoms with van der Waals surface area (Å²) in [6, 6.07) is 2.52. The van der Waals surface area contributed by atoms with E-state index in [1.54, 1.807) is 0 Å². The first-order chi connectivity index (χ1) is 8.00. The molecular formula is C12H16ClN3S. The first-order valence-corrected chi connectivity index (χ1v) is 7.02. The van der Waals surface area contributed by atoms with Crippen LogP contribution in [0.3, 0.4) is 0 Å². The maximum Gasteiger partial charge on any atom is 0.185 e. The van der Waals surface area contributed by atoms with Crippen LogP contribution in [0.15, 0.2) is 0 Å². The zero-order valence-electron chi connectivity index (χ0n) is 10.1. The fourth-order valence-corrected chi connectivity index (χ4v) is 3.17. The van der Waals surface area contributed by atoms with Crippen LogP contribution in [0.2, 0.25) is 5.15 Å². The molecule has 3 nitrogen and oxygen atoms in total. The van der Waals surface area contributed by atoms with Gasteiger partial charge in [0, 0.05) is 6.04 Å². The lowest BCUT2D eigenvalue weighted by atomic mass is 9.76. The van der Waals surface area contributed by atoms with E-state index >= 15 is 0 Å². The molecule has 1 aliphatic carbocycles. The molecule has 0 amide bonds. The minimum atomic E-state index is 0.316. The van der Waals surface area contributed by atoms with E-state index < -0.39 is 0 Å². The molecule has 5 heteroatoms. The standard InChI is InChI=1S/C12H16ClN3S/c1-12(2)5-3-8(4-6-12)15-11-16-10(13)9(7-14)17-11/h8H,3-6H2,1-2H3,(H,15,16). The molecule has 0 spiro atoms. The number of hydrogen-bond donors (Lipinski definition) is 1. The average molecular weight is 270 g/mol. The SMILES string of the molecule is CC1(C)CCC(Nc2nc(Cl)c(C#N)s2)CC1. The molecule has 0 radical (unpaired) electrons. The van der Waals surface area contributed by atoms with E-state index in [2.05, 4.69) is 30.2 Å². The summed E-state index contributed by atoms with van der Waals surface area (Å²) in [5, 5.41) is 13.3. The Morgan fingerprint density at radius 1 is 1.47 bits per heavy atom. The van der Waals surface area contributed by atoms with Crippen molar-refractivity contribution in [3.8, 4) is 6.07 Å². The van der Waals surface area contributed by atoms with Crippen LogP contribution in [0.1, 0.15) is 44.4 Å². The Morgan fingerprint density at radius 3 is 2.65 bits per heavy atom. The number of rotatable bonds is 2. The molecule has 0 aromatic carbocycles. The van der Waals surface area contributed by atoms with Crippen LogP contribution in [-0.2, 0) is 0 Å². The Kier molecular flexibility index (Phi) is 3.60. The van der Waals surface area contributed by atoms with Crippen molar-refractivity contribution < 1.29 is 0 Å². The van der Waals surface area contributed by atoms with E-state index in [4.69, 9.17) is 16.9 Å².